The largest absolute Gasteiger partial charge is 0.498 e. The highest BCUT2D eigenvalue weighted by Crippen LogP contribution is 2.38. The molecule has 0 aromatic heterocycles. The Morgan fingerprint density at radius 2 is 1.53 bits per heavy atom. The molecule has 1 heterocycles. The molecular formula is C14H21BO4. The van der Waals surface area contributed by atoms with Crippen LogP contribution in [0.1, 0.15) is 27.7 Å². The van der Waals surface area contributed by atoms with Crippen LogP contribution >= 0.6 is 0 Å². The van der Waals surface area contributed by atoms with Crippen LogP contribution in [0.15, 0.2) is 18.2 Å². The molecule has 1 aromatic rings. The van der Waals surface area contributed by atoms with E-state index >= 15 is 0 Å². The Bertz CT molecular complexity index is 455. The van der Waals surface area contributed by atoms with Crippen LogP contribution in [0.5, 0.6) is 11.5 Å². The lowest BCUT2D eigenvalue weighted by molar-refractivity contribution is 0.00578. The quantitative estimate of drug-likeness (QED) is 0.782. The topological polar surface area (TPSA) is 36.9 Å². The van der Waals surface area contributed by atoms with Crippen molar-refractivity contribution in [2.45, 2.75) is 38.9 Å². The van der Waals surface area contributed by atoms with Gasteiger partial charge in [0, 0.05) is 5.46 Å². The van der Waals surface area contributed by atoms with E-state index in [1.54, 1.807) is 14.2 Å². The van der Waals surface area contributed by atoms with E-state index < -0.39 is 7.12 Å². The molecule has 0 amide bonds. The summed E-state index contributed by atoms with van der Waals surface area (Å²) in [4.78, 5) is 0. The van der Waals surface area contributed by atoms with Crippen molar-refractivity contribution in [2.24, 2.45) is 0 Å². The molecule has 1 aliphatic heterocycles. The Kier molecular flexibility index (Phi) is 3.54. The van der Waals surface area contributed by atoms with Gasteiger partial charge >= 0.3 is 7.12 Å². The van der Waals surface area contributed by atoms with Crippen molar-refractivity contribution in [3.8, 4) is 11.5 Å². The molecule has 0 unspecified atom stereocenters. The van der Waals surface area contributed by atoms with E-state index in [9.17, 15) is 0 Å². The lowest BCUT2D eigenvalue weighted by atomic mass is 9.78. The van der Waals surface area contributed by atoms with Crippen LogP contribution in [-0.2, 0) is 9.31 Å². The monoisotopic (exact) mass is 264 g/mol. The predicted molar refractivity (Wildman–Crippen MR) is 75.3 cm³/mol. The summed E-state index contributed by atoms with van der Waals surface area (Å²) in [5.41, 5.74) is 0.109. The first kappa shape index (κ1) is 14.2. The van der Waals surface area contributed by atoms with Crippen molar-refractivity contribution in [2.75, 3.05) is 14.2 Å². The summed E-state index contributed by atoms with van der Waals surface area (Å²) in [7, 11) is 2.79. The van der Waals surface area contributed by atoms with Gasteiger partial charge in [0.05, 0.1) is 25.4 Å². The van der Waals surface area contributed by atoms with Crippen LogP contribution in [-0.4, -0.2) is 32.5 Å². The highest BCUT2D eigenvalue weighted by molar-refractivity contribution is 6.63. The first-order valence-corrected chi connectivity index (χ1v) is 6.39. The van der Waals surface area contributed by atoms with E-state index in [0.717, 1.165) is 5.46 Å². The van der Waals surface area contributed by atoms with Crippen molar-refractivity contribution in [3.63, 3.8) is 0 Å². The van der Waals surface area contributed by atoms with E-state index in [1.165, 1.54) is 0 Å². The molecule has 1 saturated heterocycles. The van der Waals surface area contributed by atoms with Gasteiger partial charge in [-0.1, -0.05) is 12.1 Å². The van der Waals surface area contributed by atoms with E-state index in [4.69, 9.17) is 18.8 Å². The summed E-state index contributed by atoms with van der Waals surface area (Å²) >= 11 is 0. The van der Waals surface area contributed by atoms with Gasteiger partial charge < -0.3 is 18.8 Å². The third kappa shape index (κ3) is 2.32. The second-order valence-corrected chi connectivity index (χ2v) is 5.67. The molecule has 1 aliphatic rings. The molecule has 1 aromatic carbocycles. The molecule has 0 spiro atoms. The molecule has 0 saturated carbocycles. The lowest BCUT2D eigenvalue weighted by Gasteiger charge is -2.32. The second-order valence-electron chi connectivity index (χ2n) is 5.67. The van der Waals surface area contributed by atoms with Gasteiger partial charge in [-0.2, -0.15) is 0 Å². The van der Waals surface area contributed by atoms with Crippen LogP contribution in [0.3, 0.4) is 0 Å². The van der Waals surface area contributed by atoms with Crippen molar-refractivity contribution < 1.29 is 18.8 Å². The number of methoxy groups -OCH3 is 2. The molecule has 0 radical (unpaired) electrons. The van der Waals surface area contributed by atoms with Gasteiger partial charge in [0.2, 0.25) is 0 Å². The highest BCUT2D eigenvalue weighted by atomic mass is 16.7. The molecule has 4 nitrogen and oxygen atoms in total. The summed E-state index contributed by atoms with van der Waals surface area (Å²) in [6.07, 6.45) is 0. The third-order valence-electron chi connectivity index (χ3n) is 3.94. The van der Waals surface area contributed by atoms with Gasteiger partial charge in [-0.15, -0.1) is 0 Å². The SMILES string of the molecule is COc1cccc(B2OC(C)(C)C(C)(C)O2)c1OC. The first-order chi connectivity index (χ1) is 8.82. The number of hydrogen-bond acceptors (Lipinski definition) is 4. The highest BCUT2D eigenvalue weighted by Gasteiger charge is 2.52. The molecule has 5 heteroatoms. The molecule has 0 N–H and O–H groups in total. The molecule has 0 atom stereocenters. The van der Waals surface area contributed by atoms with Crippen molar-refractivity contribution in [3.05, 3.63) is 18.2 Å². The average molecular weight is 264 g/mol. The summed E-state index contributed by atoms with van der Waals surface area (Å²) in [6.45, 7) is 8.11. The normalized spacial score (nSPS) is 20.4. The van der Waals surface area contributed by atoms with Crippen molar-refractivity contribution in [1.82, 2.24) is 0 Å². The molecule has 19 heavy (non-hydrogen) atoms. The van der Waals surface area contributed by atoms with Gasteiger partial charge in [-0.05, 0) is 33.8 Å². The molecule has 1 fully saturated rings. The van der Waals surface area contributed by atoms with Crippen LogP contribution < -0.4 is 14.9 Å². The zero-order chi connectivity index (χ0) is 14.3. The number of rotatable bonds is 3. The summed E-state index contributed by atoms with van der Waals surface area (Å²) in [5, 5.41) is 0. The number of hydrogen-bond donors (Lipinski definition) is 0. The standard InChI is InChI=1S/C14H21BO4/c1-13(2)14(3,4)19-15(18-13)10-8-7-9-11(16-5)12(10)17-6/h7-9H,1-6H3. The van der Waals surface area contributed by atoms with Crippen molar-refractivity contribution >= 4 is 12.6 Å². The Labute approximate surface area is 115 Å². The van der Waals surface area contributed by atoms with Crippen molar-refractivity contribution in [1.29, 1.82) is 0 Å². The maximum atomic E-state index is 6.03. The van der Waals surface area contributed by atoms with E-state index in [-0.39, 0.29) is 11.2 Å². The predicted octanol–water partition coefficient (Wildman–Crippen LogP) is 2.00. The zero-order valence-corrected chi connectivity index (χ0v) is 12.4. The van der Waals surface area contributed by atoms with E-state index in [2.05, 4.69) is 0 Å². The Morgan fingerprint density at radius 1 is 0.947 bits per heavy atom. The number of benzene rings is 1. The summed E-state index contributed by atoms with van der Waals surface area (Å²) in [6, 6.07) is 5.69. The fraction of sp³-hybridized carbons (Fsp3) is 0.571. The number of ether oxygens (including phenoxy) is 2. The smallest absolute Gasteiger partial charge is 0.493 e. The summed E-state index contributed by atoms with van der Waals surface area (Å²) in [5.74, 6) is 1.33. The number of para-hydroxylation sites is 1. The Morgan fingerprint density at radius 3 is 2.00 bits per heavy atom. The van der Waals surface area contributed by atoms with Gasteiger partial charge in [0.25, 0.3) is 0 Å². The van der Waals surface area contributed by atoms with Crippen LogP contribution in [0, 0.1) is 0 Å². The van der Waals surface area contributed by atoms with E-state index in [1.807, 2.05) is 45.9 Å². The Balaban J connectivity index is 2.39. The van der Waals surface area contributed by atoms with Crippen LogP contribution in [0.25, 0.3) is 0 Å². The molecule has 2 rings (SSSR count). The maximum Gasteiger partial charge on any atom is 0.498 e. The molecule has 0 bridgehead atoms. The third-order valence-corrected chi connectivity index (χ3v) is 3.94. The summed E-state index contributed by atoms with van der Waals surface area (Å²) < 4.78 is 22.8. The minimum Gasteiger partial charge on any atom is -0.493 e. The van der Waals surface area contributed by atoms with Gasteiger partial charge in [0.15, 0.2) is 11.5 Å². The first-order valence-electron chi connectivity index (χ1n) is 6.39. The van der Waals surface area contributed by atoms with Gasteiger partial charge in [-0.25, -0.2) is 0 Å². The van der Waals surface area contributed by atoms with Crippen LogP contribution in [0.4, 0.5) is 0 Å². The minimum absolute atomic E-state index is 0.369. The van der Waals surface area contributed by atoms with Gasteiger partial charge in [0.1, 0.15) is 0 Å². The van der Waals surface area contributed by atoms with E-state index in [0.29, 0.717) is 11.5 Å². The zero-order valence-electron chi connectivity index (χ0n) is 12.4. The van der Waals surface area contributed by atoms with Gasteiger partial charge in [-0.3, -0.25) is 0 Å². The molecule has 104 valence electrons. The Hall–Kier alpha value is -1.20. The molecule has 0 aliphatic carbocycles. The fourth-order valence-corrected chi connectivity index (χ4v) is 2.07. The maximum absolute atomic E-state index is 6.03. The lowest BCUT2D eigenvalue weighted by Crippen LogP contribution is -2.41. The average Bonchev–Trinajstić information content (AvgIpc) is 2.57. The minimum atomic E-state index is -0.449. The van der Waals surface area contributed by atoms with Crippen LogP contribution in [0.2, 0.25) is 0 Å². The molecular weight excluding hydrogens is 243 g/mol. The second kappa shape index (κ2) is 4.73. The fourth-order valence-electron chi connectivity index (χ4n) is 2.07.